The van der Waals surface area contributed by atoms with Crippen LogP contribution in [0, 0.1) is 19.8 Å². The number of carbonyl (C=O) groups excluding carboxylic acids is 1. The summed E-state index contributed by atoms with van der Waals surface area (Å²) >= 11 is 0. The molecule has 3 rings (SSSR count). The number of nitrogens with one attached hydrogen (secondary N) is 2. The number of amides is 1. The Hall–Kier alpha value is -2.52. The fraction of sp³-hybridized carbons (Fsp3) is 0.450. The van der Waals surface area contributed by atoms with Gasteiger partial charge in [-0.3, -0.25) is 9.78 Å². The molecule has 1 saturated heterocycles. The van der Waals surface area contributed by atoms with E-state index in [-0.39, 0.29) is 29.8 Å². The van der Waals surface area contributed by atoms with Gasteiger partial charge in [-0.25, -0.2) is 18.1 Å². The van der Waals surface area contributed by atoms with Crippen LogP contribution >= 0.6 is 0 Å². The summed E-state index contributed by atoms with van der Waals surface area (Å²) in [4.78, 5) is 23.2. The minimum atomic E-state index is -3.61. The Kier molecular flexibility index (Phi) is 6.81. The Morgan fingerprint density at radius 3 is 2.83 bits per heavy atom. The molecule has 1 atom stereocenters. The summed E-state index contributed by atoms with van der Waals surface area (Å²) in [5.74, 6) is 0.553. The number of anilines is 1. The molecule has 1 aromatic heterocycles. The summed E-state index contributed by atoms with van der Waals surface area (Å²) in [7, 11) is -3.61. The zero-order valence-electron chi connectivity index (χ0n) is 16.8. The molecule has 1 aromatic carbocycles. The minimum Gasteiger partial charge on any atom is -0.355 e. The molecule has 1 fully saturated rings. The first kappa shape index (κ1) is 21.2. The summed E-state index contributed by atoms with van der Waals surface area (Å²) < 4.78 is 27.6. The lowest BCUT2D eigenvalue weighted by atomic mass is 9.97. The number of piperidine rings is 1. The lowest BCUT2D eigenvalue weighted by Gasteiger charge is -2.32. The number of aryl methyl sites for hydroxylation is 2. The smallest absolute Gasteiger partial charge is 0.240 e. The van der Waals surface area contributed by atoms with Gasteiger partial charge in [-0.1, -0.05) is 12.1 Å². The number of nitrogens with zero attached hydrogens (tertiary/aromatic N) is 3. The number of sulfonamides is 1. The van der Waals surface area contributed by atoms with Crippen LogP contribution in [0.25, 0.3) is 0 Å². The summed E-state index contributed by atoms with van der Waals surface area (Å²) in [5.41, 5.74) is 1.58. The molecule has 2 heterocycles. The van der Waals surface area contributed by atoms with Crippen LogP contribution in [0.5, 0.6) is 0 Å². The number of benzene rings is 1. The highest BCUT2D eigenvalue weighted by molar-refractivity contribution is 7.89. The van der Waals surface area contributed by atoms with Gasteiger partial charge in [0.1, 0.15) is 5.82 Å². The topological polar surface area (TPSA) is 104 Å². The summed E-state index contributed by atoms with van der Waals surface area (Å²) in [6.45, 7) is 5.43. The maximum atomic E-state index is 12.5. The molecular formula is C20H27N5O3S. The Labute approximate surface area is 171 Å². The fourth-order valence-electron chi connectivity index (χ4n) is 3.44. The van der Waals surface area contributed by atoms with E-state index in [9.17, 15) is 13.2 Å². The van der Waals surface area contributed by atoms with Gasteiger partial charge in [0, 0.05) is 38.6 Å². The maximum absolute atomic E-state index is 12.5. The largest absolute Gasteiger partial charge is 0.355 e. The highest BCUT2D eigenvalue weighted by Crippen LogP contribution is 2.21. The van der Waals surface area contributed by atoms with Crippen molar-refractivity contribution in [2.24, 2.45) is 5.92 Å². The van der Waals surface area contributed by atoms with Crippen molar-refractivity contribution < 1.29 is 13.2 Å². The van der Waals surface area contributed by atoms with Crippen molar-refractivity contribution in [3.05, 3.63) is 47.9 Å². The van der Waals surface area contributed by atoms with E-state index in [2.05, 4.69) is 24.9 Å². The van der Waals surface area contributed by atoms with Crippen LogP contribution in [0.15, 0.2) is 41.7 Å². The number of hydrogen-bond acceptors (Lipinski definition) is 6. The second-order valence-corrected chi connectivity index (χ2v) is 9.04. The Morgan fingerprint density at radius 2 is 2.07 bits per heavy atom. The van der Waals surface area contributed by atoms with Crippen molar-refractivity contribution >= 4 is 21.7 Å². The van der Waals surface area contributed by atoms with E-state index in [0.717, 1.165) is 30.8 Å². The molecule has 1 aliphatic rings. The molecular weight excluding hydrogens is 390 g/mol. The first-order valence-corrected chi connectivity index (χ1v) is 11.2. The number of hydrogen-bond donors (Lipinski definition) is 2. The number of rotatable bonds is 7. The molecule has 1 aliphatic heterocycles. The molecule has 9 heteroatoms. The van der Waals surface area contributed by atoms with Crippen LogP contribution in [0.3, 0.4) is 0 Å². The van der Waals surface area contributed by atoms with Crippen molar-refractivity contribution in [2.45, 2.75) is 31.6 Å². The van der Waals surface area contributed by atoms with E-state index >= 15 is 0 Å². The molecule has 1 amide bonds. The zero-order chi connectivity index (χ0) is 20.9. The van der Waals surface area contributed by atoms with E-state index in [1.165, 1.54) is 0 Å². The second-order valence-electron chi connectivity index (χ2n) is 7.31. The van der Waals surface area contributed by atoms with Gasteiger partial charge in [-0.15, -0.1) is 0 Å². The monoisotopic (exact) mass is 417 g/mol. The second kappa shape index (κ2) is 9.32. The lowest BCUT2D eigenvalue weighted by Crippen LogP contribution is -2.45. The quantitative estimate of drug-likeness (QED) is 0.660. The van der Waals surface area contributed by atoms with Crippen LogP contribution in [-0.2, 0) is 14.8 Å². The first-order chi connectivity index (χ1) is 13.9. The van der Waals surface area contributed by atoms with Crippen molar-refractivity contribution in [1.82, 2.24) is 20.0 Å². The van der Waals surface area contributed by atoms with Crippen molar-refractivity contribution in [1.29, 1.82) is 0 Å². The molecule has 2 aromatic rings. The van der Waals surface area contributed by atoms with Gasteiger partial charge in [0.25, 0.3) is 0 Å². The van der Waals surface area contributed by atoms with Crippen LogP contribution in [0.4, 0.5) is 5.82 Å². The molecule has 0 aliphatic carbocycles. The standard InChI is InChI=1S/C20H27N5O3S/c1-15-5-6-16(2)18(12-15)29(27,28)24-10-9-23-20(26)17-4-3-11-25(14-17)19-13-21-7-8-22-19/h5-8,12-13,17,24H,3-4,9-11,14H2,1-2H3,(H,23,26)/t17-/m1/s1. The van der Waals surface area contributed by atoms with Gasteiger partial charge >= 0.3 is 0 Å². The van der Waals surface area contributed by atoms with Gasteiger partial charge in [0.05, 0.1) is 17.0 Å². The molecule has 0 radical (unpaired) electrons. The molecule has 2 N–H and O–H groups in total. The third-order valence-electron chi connectivity index (χ3n) is 5.02. The highest BCUT2D eigenvalue weighted by atomic mass is 32.2. The maximum Gasteiger partial charge on any atom is 0.240 e. The molecule has 0 saturated carbocycles. The summed E-state index contributed by atoms with van der Waals surface area (Å²) in [6, 6.07) is 5.32. The van der Waals surface area contributed by atoms with Gasteiger partial charge < -0.3 is 10.2 Å². The SMILES string of the molecule is Cc1ccc(C)c(S(=O)(=O)NCCNC(=O)[C@@H]2CCCN(c3cnccn3)C2)c1. The van der Waals surface area contributed by atoms with Crippen LogP contribution in [0.1, 0.15) is 24.0 Å². The molecule has 29 heavy (non-hydrogen) atoms. The Balaban J connectivity index is 1.49. The van der Waals surface area contributed by atoms with Gasteiger partial charge in [-0.05, 0) is 43.9 Å². The summed E-state index contributed by atoms with van der Waals surface area (Å²) in [5, 5.41) is 2.85. The normalized spacial score (nSPS) is 17.2. The zero-order valence-corrected chi connectivity index (χ0v) is 17.6. The molecule has 8 nitrogen and oxygen atoms in total. The van der Waals surface area contributed by atoms with Crippen LogP contribution in [-0.4, -0.2) is 50.5 Å². The molecule has 156 valence electrons. The van der Waals surface area contributed by atoms with Gasteiger partial charge in [0.15, 0.2) is 0 Å². The first-order valence-electron chi connectivity index (χ1n) is 9.72. The van der Waals surface area contributed by atoms with Crippen molar-refractivity contribution in [3.63, 3.8) is 0 Å². The third-order valence-corrected chi connectivity index (χ3v) is 6.62. The third kappa shape index (κ3) is 5.51. The number of aromatic nitrogens is 2. The van der Waals surface area contributed by atoms with Gasteiger partial charge in [0.2, 0.25) is 15.9 Å². The van der Waals surface area contributed by atoms with E-state index in [0.29, 0.717) is 12.1 Å². The average Bonchev–Trinajstić information content (AvgIpc) is 2.73. The predicted octanol–water partition coefficient (Wildman–Crippen LogP) is 1.40. The van der Waals surface area contributed by atoms with E-state index in [1.807, 2.05) is 13.0 Å². The average molecular weight is 418 g/mol. The molecule has 0 bridgehead atoms. The van der Waals surface area contributed by atoms with Crippen LogP contribution in [0.2, 0.25) is 0 Å². The Morgan fingerprint density at radius 1 is 1.24 bits per heavy atom. The lowest BCUT2D eigenvalue weighted by molar-refractivity contribution is -0.125. The van der Waals surface area contributed by atoms with Gasteiger partial charge in [-0.2, -0.15) is 0 Å². The van der Waals surface area contributed by atoms with E-state index in [1.54, 1.807) is 37.6 Å². The number of carbonyl (C=O) groups is 1. The van der Waals surface area contributed by atoms with E-state index in [4.69, 9.17) is 0 Å². The highest BCUT2D eigenvalue weighted by Gasteiger charge is 2.26. The van der Waals surface area contributed by atoms with E-state index < -0.39 is 10.0 Å². The molecule has 0 unspecified atom stereocenters. The van der Waals surface area contributed by atoms with Crippen molar-refractivity contribution in [2.75, 3.05) is 31.1 Å². The summed E-state index contributed by atoms with van der Waals surface area (Å²) in [6.07, 6.45) is 6.66. The fourth-order valence-corrected chi connectivity index (χ4v) is 4.80. The van der Waals surface area contributed by atoms with Crippen molar-refractivity contribution in [3.8, 4) is 0 Å². The minimum absolute atomic E-state index is 0.0653. The van der Waals surface area contributed by atoms with Crippen LogP contribution < -0.4 is 14.9 Å². The molecule has 0 spiro atoms. The predicted molar refractivity (Wildman–Crippen MR) is 111 cm³/mol. The Bertz CT molecular complexity index is 950.